The fourth-order valence-corrected chi connectivity index (χ4v) is 2.51. The summed E-state index contributed by atoms with van der Waals surface area (Å²) in [4.78, 5) is 0. The van der Waals surface area contributed by atoms with Crippen LogP contribution in [-0.4, -0.2) is 18.2 Å². The molecular formula is C4H7BrMg. The van der Waals surface area contributed by atoms with Gasteiger partial charge < -0.3 is 12.9 Å². The zero-order valence-corrected chi connectivity index (χ0v) is 7.00. The van der Waals surface area contributed by atoms with E-state index in [-0.39, 0.29) is 18.2 Å². The Balaban J connectivity index is 2.83. The Hall–Kier alpha value is 0.986. The summed E-state index contributed by atoms with van der Waals surface area (Å²) in [5.41, 5.74) is 1.30. The van der Waals surface area contributed by atoms with Gasteiger partial charge in [0, 0.05) is 0 Å². The second-order valence-corrected chi connectivity index (χ2v) is 4.65. The normalized spacial score (nSPS) is 7.00. The molecule has 0 rings (SSSR count). The lowest BCUT2D eigenvalue weighted by molar-refractivity contribution is 1.41. The summed E-state index contributed by atoms with van der Waals surface area (Å²) in [5, 5.41) is 0. The van der Waals surface area contributed by atoms with Crippen LogP contribution in [-0.2, 0) is 0 Å². The molecule has 32 valence electrons. The Morgan fingerprint density at radius 2 is 2.50 bits per heavy atom. The molecule has 0 saturated heterocycles. The smallest absolute Gasteiger partial charge is 0.306 e. The topological polar surface area (TPSA) is 0 Å². The Labute approximate surface area is 54.6 Å². The molecule has 6 heavy (non-hydrogen) atoms. The molecule has 0 heterocycles. The van der Waals surface area contributed by atoms with Crippen molar-refractivity contribution in [3.05, 3.63) is 12.2 Å². The maximum absolute atomic E-state index is 3.75. The molecular weight excluding hydrogens is 152 g/mol. The van der Waals surface area contributed by atoms with E-state index in [1.165, 1.54) is 10.1 Å². The van der Waals surface area contributed by atoms with E-state index in [1.54, 1.807) is 0 Å². The molecule has 0 N–H and O–H groups in total. The van der Waals surface area contributed by atoms with Crippen LogP contribution in [0.1, 0.15) is 6.92 Å². The predicted octanol–water partition coefficient (Wildman–Crippen LogP) is 1.99. The molecule has 0 bridgehead atoms. The highest BCUT2D eigenvalue weighted by molar-refractivity contribution is 9.23. The van der Waals surface area contributed by atoms with Gasteiger partial charge in [0.15, 0.2) is 0 Å². The molecule has 0 nitrogen and oxygen atoms in total. The van der Waals surface area contributed by atoms with Crippen LogP contribution in [0.25, 0.3) is 0 Å². The van der Waals surface area contributed by atoms with Gasteiger partial charge in [0.25, 0.3) is 0 Å². The largest absolute Gasteiger partial charge is 0.472 e. The van der Waals surface area contributed by atoms with Gasteiger partial charge >= 0.3 is 18.2 Å². The molecule has 0 aliphatic heterocycles. The predicted molar refractivity (Wildman–Crippen MR) is 34.3 cm³/mol. The van der Waals surface area contributed by atoms with Crippen LogP contribution in [0.15, 0.2) is 12.2 Å². The quantitative estimate of drug-likeness (QED) is 0.427. The van der Waals surface area contributed by atoms with Crippen molar-refractivity contribution in [2.45, 2.75) is 11.5 Å². The molecule has 0 aromatic rings. The van der Waals surface area contributed by atoms with Crippen molar-refractivity contribution in [2.75, 3.05) is 0 Å². The summed E-state index contributed by atoms with van der Waals surface area (Å²) >= 11 is 3.51. The average Bonchev–Trinajstić information content (AvgIpc) is 1.35. The van der Waals surface area contributed by atoms with E-state index in [2.05, 4.69) is 26.4 Å². The molecule has 0 unspecified atom stereocenters. The van der Waals surface area contributed by atoms with E-state index in [0.717, 1.165) is 0 Å². The molecule has 0 fully saturated rings. The van der Waals surface area contributed by atoms with Gasteiger partial charge in [-0.05, 0) is 6.92 Å². The standard InChI is InChI=1S/C4H7.BrH.Mg/c1-4(2)3;;/h1-2H2,3H3;1H;/q;;+1/p-1. The summed E-state index contributed by atoms with van der Waals surface area (Å²) in [5.74, 6) is 0. The summed E-state index contributed by atoms with van der Waals surface area (Å²) in [6, 6.07) is 0. The van der Waals surface area contributed by atoms with E-state index < -0.39 is 0 Å². The van der Waals surface area contributed by atoms with Crippen molar-refractivity contribution >= 4 is 31.1 Å². The lowest BCUT2D eigenvalue weighted by Crippen LogP contribution is -1.73. The number of halogens is 1. The van der Waals surface area contributed by atoms with Gasteiger partial charge in [0.1, 0.15) is 0 Å². The Morgan fingerprint density at radius 3 is 2.50 bits per heavy atom. The van der Waals surface area contributed by atoms with Crippen LogP contribution in [0.3, 0.4) is 0 Å². The van der Waals surface area contributed by atoms with E-state index >= 15 is 0 Å². The van der Waals surface area contributed by atoms with Gasteiger partial charge in [-0.25, -0.2) is 0 Å². The molecule has 0 saturated carbocycles. The zero-order valence-electron chi connectivity index (χ0n) is 4.00. The third kappa shape index (κ3) is 4.99. The third-order valence-electron chi connectivity index (χ3n) is 0.521. The number of hydrogen-bond donors (Lipinski definition) is 0. The van der Waals surface area contributed by atoms with Gasteiger partial charge in [-0.2, -0.15) is 0 Å². The minimum absolute atomic E-state index is 0.0795. The Morgan fingerprint density at radius 1 is 2.00 bits per heavy atom. The number of allylic oxidation sites excluding steroid dienone is 1. The summed E-state index contributed by atoms with van der Waals surface area (Å²) in [6.07, 6.45) is 0. The lowest BCUT2D eigenvalue weighted by Gasteiger charge is -1.84. The molecule has 0 atom stereocenters. The third-order valence-corrected chi connectivity index (χ3v) is 2.75. The van der Waals surface area contributed by atoms with Crippen LogP contribution in [0.5, 0.6) is 0 Å². The SMILES string of the molecule is C=C(C)[CH2][Mg][Br]. The Bertz CT molecular complexity index is 51.5. The van der Waals surface area contributed by atoms with E-state index in [0.29, 0.717) is 0 Å². The van der Waals surface area contributed by atoms with Gasteiger partial charge in [-0.1, -0.05) is 0 Å². The first-order chi connectivity index (χ1) is 2.77. The monoisotopic (exact) mass is 158 g/mol. The van der Waals surface area contributed by atoms with Crippen molar-refractivity contribution in [1.82, 2.24) is 0 Å². The molecule has 2 heteroatoms. The van der Waals surface area contributed by atoms with Crippen LogP contribution < -0.4 is 0 Å². The zero-order chi connectivity index (χ0) is 4.99. The summed E-state index contributed by atoms with van der Waals surface area (Å²) in [7, 11) is 0. The van der Waals surface area contributed by atoms with Crippen molar-refractivity contribution in [3.63, 3.8) is 0 Å². The molecule has 0 aromatic carbocycles. The van der Waals surface area contributed by atoms with E-state index in [9.17, 15) is 0 Å². The maximum atomic E-state index is 3.75. The minimum atomic E-state index is 0.0795. The van der Waals surface area contributed by atoms with Crippen LogP contribution in [0.2, 0.25) is 4.55 Å². The molecule has 0 aliphatic rings. The van der Waals surface area contributed by atoms with Crippen LogP contribution in [0, 0.1) is 0 Å². The Kier molecular flexibility index (Phi) is 4.84. The van der Waals surface area contributed by atoms with Crippen LogP contribution in [0.4, 0.5) is 0 Å². The molecule has 0 amide bonds. The van der Waals surface area contributed by atoms with Gasteiger partial charge in [-0.15, -0.1) is 16.7 Å². The second kappa shape index (κ2) is 4.15. The van der Waals surface area contributed by atoms with E-state index in [4.69, 9.17) is 0 Å². The molecule has 0 radical (unpaired) electrons. The second-order valence-electron chi connectivity index (χ2n) is 1.40. The minimum Gasteiger partial charge on any atom is -0.306 e. The summed E-state index contributed by atoms with van der Waals surface area (Å²) < 4.78 is 1.24. The highest BCUT2D eigenvalue weighted by atomic mass is 79.9. The van der Waals surface area contributed by atoms with Crippen molar-refractivity contribution < 1.29 is 0 Å². The lowest BCUT2D eigenvalue weighted by atomic mass is 10.4. The first-order valence-electron chi connectivity index (χ1n) is 1.97. The van der Waals surface area contributed by atoms with Gasteiger partial charge in [0.2, 0.25) is 0 Å². The fraction of sp³-hybridized carbons (Fsp3) is 0.500. The van der Waals surface area contributed by atoms with Crippen molar-refractivity contribution in [2.24, 2.45) is 0 Å². The average molecular weight is 159 g/mol. The fourth-order valence-electron chi connectivity index (χ4n) is 0.161. The number of hydrogen-bond acceptors (Lipinski definition) is 0. The van der Waals surface area contributed by atoms with Crippen LogP contribution >= 0.6 is 12.9 Å². The van der Waals surface area contributed by atoms with E-state index in [1.807, 2.05) is 0 Å². The maximum Gasteiger partial charge on any atom is 0.472 e. The van der Waals surface area contributed by atoms with Crippen molar-refractivity contribution in [1.29, 1.82) is 0 Å². The van der Waals surface area contributed by atoms with Crippen molar-refractivity contribution in [3.8, 4) is 0 Å². The highest BCUT2D eigenvalue weighted by Gasteiger charge is 1.85. The first-order valence-corrected chi connectivity index (χ1v) is 6.87. The molecule has 0 aromatic heterocycles. The summed E-state index contributed by atoms with van der Waals surface area (Å²) in [6.45, 7) is 5.81. The number of rotatable bonds is 2. The highest BCUT2D eigenvalue weighted by Crippen LogP contribution is 1.95. The molecule has 0 spiro atoms. The molecule has 0 aliphatic carbocycles. The van der Waals surface area contributed by atoms with Gasteiger partial charge in [0.05, 0.1) is 0 Å². The van der Waals surface area contributed by atoms with Gasteiger partial charge in [-0.3, -0.25) is 0 Å². The first kappa shape index (κ1) is 6.99.